The number of halogens is 1. The zero-order valence-corrected chi connectivity index (χ0v) is 17.8. The molecule has 31 heavy (non-hydrogen) atoms. The number of methoxy groups -OCH3 is 1. The molecule has 1 aromatic carbocycles. The fourth-order valence-electron chi connectivity index (χ4n) is 3.69. The van der Waals surface area contributed by atoms with Gasteiger partial charge >= 0.3 is 10.2 Å². The fraction of sp³-hybridized carbons (Fsp3) is 0.238. The molecule has 0 unspecified atom stereocenters. The fourth-order valence-corrected chi connectivity index (χ4v) is 4.78. The Labute approximate surface area is 178 Å². The van der Waals surface area contributed by atoms with Crippen molar-refractivity contribution in [3.8, 4) is 16.9 Å². The van der Waals surface area contributed by atoms with Gasteiger partial charge in [-0.15, -0.1) is 0 Å². The summed E-state index contributed by atoms with van der Waals surface area (Å²) in [5.41, 5.74) is 3.76. The normalized spacial score (nSPS) is 15.0. The molecule has 8 nitrogen and oxygen atoms in total. The van der Waals surface area contributed by atoms with E-state index in [1.54, 1.807) is 24.4 Å². The van der Waals surface area contributed by atoms with Gasteiger partial charge in [-0.2, -0.15) is 12.7 Å². The second-order valence-corrected chi connectivity index (χ2v) is 8.82. The summed E-state index contributed by atoms with van der Waals surface area (Å²) in [7, 11) is -2.32. The SMILES string of the molecule is COc1ccc(F)cc1-c1ccnc2[nH]c(C3=CCN(S(=O)(=O)NC(C)=O)CC3)cc12. The number of ether oxygens (including phenoxy) is 1. The number of carbonyl (C=O) groups excluding carboxylic acids is 1. The van der Waals surface area contributed by atoms with Crippen LogP contribution in [-0.2, 0) is 15.0 Å². The zero-order chi connectivity index (χ0) is 22.2. The van der Waals surface area contributed by atoms with Crippen molar-refractivity contribution in [1.29, 1.82) is 0 Å². The molecule has 0 saturated carbocycles. The van der Waals surface area contributed by atoms with Crippen molar-refractivity contribution in [2.45, 2.75) is 13.3 Å². The van der Waals surface area contributed by atoms with Gasteiger partial charge in [0.05, 0.1) is 7.11 Å². The van der Waals surface area contributed by atoms with Crippen LogP contribution in [0.2, 0.25) is 0 Å². The quantitative estimate of drug-likeness (QED) is 0.630. The largest absolute Gasteiger partial charge is 0.496 e. The Morgan fingerprint density at radius 3 is 2.74 bits per heavy atom. The van der Waals surface area contributed by atoms with Crippen LogP contribution in [0.15, 0.2) is 42.6 Å². The van der Waals surface area contributed by atoms with Gasteiger partial charge < -0.3 is 9.72 Å². The number of nitrogens with zero attached hydrogens (tertiary/aromatic N) is 2. The predicted molar refractivity (Wildman–Crippen MR) is 115 cm³/mol. The van der Waals surface area contributed by atoms with E-state index in [9.17, 15) is 17.6 Å². The zero-order valence-electron chi connectivity index (χ0n) is 17.0. The highest BCUT2D eigenvalue weighted by Gasteiger charge is 2.26. The van der Waals surface area contributed by atoms with Gasteiger partial charge in [0.1, 0.15) is 17.2 Å². The molecule has 0 radical (unpaired) electrons. The molecule has 2 N–H and O–H groups in total. The maximum atomic E-state index is 13.9. The summed E-state index contributed by atoms with van der Waals surface area (Å²) in [4.78, 5) is 18.8. The van der Waals surface area contributed by atoms with E-state index in [2.05, 4.69) is 9.97 Å². The number of aromatic amines is 1. The Morgan fingerprint density at radius 1 is 1.26 bits per heavy atom. The number of amides is 1. The molecule has 10 heteroatoms. The molecule has 162 valence electrons. The van der Waals surface area contributed by atoms with Gasteiger partial charge in [0.25, 0.3) is 0 Å². The lowest BCUT2D eigenvalue weighted by Gasteiger charge is -2.25. The van der Waals surface area contributed by atoms with Gasteiger partial charge in [0.15, 0.2) is 0 Å². The van der Waals surface area contributed by atoms with Crippen molar-refractivity contribution in [3.05, 3.63) is 54.1 Å². The summed E-state index contributed by atoms with van der Waals surface area (Å²) in [6.45, 7) is 1.54. The Morgan fingerprint density at radius 2 is 2.06 bits per heavy atom. The second kappa shape index (κ2) is 8.12. The van der Waals surface area contributed by atoms with Crippen LogP contribution < -0.4 is 9.46 Å². The predicted octanol–water partition coefficient (Wildman–Crippen LogP) is 2.85. The number of nitrogens with one attached hydrogen (secondary N) is 2. The lowest BCUT2D eigenvalue weighted by Crippen LogP contribution is -2.44. The minimum atomic E-state index is -3.85. The van der Waals surface area contributed by atoms with Crippen LogP contribution in [-0.4, -0.2) is 48.8 Å². The van der Waals surface area contributed by atoms with Gasteiger partial charge in [-0.05, 0) is 47.9 Å². The number of rotatable bonds is 5. The maximum Gasteiger partial charge on any atom is 0.304 e. The molecule has 2 aromatic heterocycles. The number of hydrogen-bond donors (Lipinski definition) is 2. The molecule has 0 spiro atoms. The Balaban J connectivity index is 1.68. The Hall–Kier alpha value is -3.24. The molecular weight excluding hydrogens is 423 g/mol. The number of carbonyl (C=O) groups is 1. The molecule has 3 aromatic rings. The Kier molecular flexibility index (Phi) is 5.50. The van der Waals surface area contributed by atoms with E-state index >= 15 is 0 Å². The van der Waals surface area contributed by atoms with E-state index in [0.717, 1.165) is 29.1 Å². The standard InChI is InChI=1S/C21H21FN4O4S/c1-13(27)25-31(28,29)26-9-6-14(7-10-26)19-12-18-16(5-8-23-21(18)24-19)17-11-15(22)3-4-20(17)30-2/h3-6,8,11-12H,7,9-10H2,1-2H3,(H,23,24)(H,25,27). The summed E-state index contributed by atoms with van der Waals surface area (Å²) < 4.78 is 46.8. The summed E-state index contributed by atoms with van der Waals surface area (Å²) >= 11 is 0. The summed E-state index contributed by atoms with van der Waals surface area (Å²) in [6.07, 6.45) is 3.90. The maximum absolute atomic E-state index is 13.9. The smallest absolute Gasteiger partial charge is 0.304 e. The van der Waals surface area contributed by atoms with Crippen molar-refractivity contribution in [3.63, 3.8) is 0 Å². The van der Waals surface area contributed by atoms with Crippen LogP contribution in [0.3, 0.4) is 0 Å². The molecule has 0 aliphatic carbocycles. The van der Waals surface area contributed by atoms with Crippen molar-refractivity contribution in [2.75, 3.05) is 20.2 Å². The molecule has 4 rings (SSSR count). The van der Waals surface area contributed by atoms with Gasteiger partial charge in [0.2, 0.25) is 5.91 Å². The third kappa shape index (κ3) is 4.17. The van der Waals surface area contributed by atoms with E-state index < -0.39 is 16.1 Å². The molecule has 1 amide bonds. The molecular formula is C21H21FN4O4S. The lowest BCUT2D eigenvalue weighted by atomic mass is 10.0. The van der Waals surface area contributed by atoms with Crippen LogP contribution in [0, 0.1) is 5.82 Å². The van der Waals surface area contributed by atoms with Crippen LogP contribution in [0.4, 0.5) is 4.39 Å². The van der Waals surface area contributed by atoms with Crippen LogP contribution >= 0.6 is 0 Å². The van der Waals surface area contributed by atoms with Crippen molar-refractivity contribution in [1.82, 2.24) is 19.0 Å². The van der Waals surface area contributed by atoms with E-state index in [1.807, 2.05) is 10.8 Å². The van der Waals surface area contributed by atoms with Gasteiger partial charge in [-0.1, -0.05) is 6.08 Å². The van der Waals surface area contributed by atoms with E-state index in [4.69, 9.17) is 4.74 Å². The van der Waals surface area contributed by atoms with Crippen LogP contribution in [0.5, 0.6) is 5.75 Å². The van der Waals surface area contributed by atoms with Crippen LogP contribution in [0.1, 0.15) is 19.0 Å². The van der Waals surface area contributed by atoms with Gasteiger partial charge in [0, 0.05) is 42.9 Å². The summed E-state index contributed by atoms with van der Waals surface area (Å²) in [5, 5.41) is 0.801. The highest BCUT2D eigenvalue weighted by Crippen LogP contribution is 2.36. The number of fused-ring (bicyclic) bond motifs is 1. The third-order valence-corrected chi connectivity index (χ3v) is 6.67. The minimum absolute atomic E-state index is 0.144. The molecule has 0 bridgehead atoms. The topological polar surface area (TPSA) is 104 Å². The average Bonchev–Trinajstić information content (AvgIpc) is 3.17. The number of benzene rings is 1. The van der Waals surface area contributed by atoms with E-state index in [-0.39, 0.29) is 18.9 Å². The van der Waals surface area contributed by atoms with Crippen molar-refractivity contribution >= 4 is 32.7 Å². The average molecular weight is 444 g/mol. The van der Waals surface area contributed by atoms with Gasteiger partial charge in [-0.25, -0.2) is 14.1 Å². The summed E-state index contributed by atoms with van der Waals surface area (Å²) in [6, 6.07) is 8.07. The number of pyridine rings is 1. The molecule has 1 aliphatic heterocycles. The number of H-pyrrole nitrogens is 1. The van der Waals surface area contributed by atoms with Crippen molar-refractivity contribution < 1.29 is 22.3 Å². The first-order valence-electron chi connectivity index (χ1n) is 9.58. The summed E-state index contributed by atoms with van der Waals surface area (Å²) in [5.74, 6) is -0.448. The highest BCUT2D eigenvalue weighted by molar-refractivity contribution is 7.87. The molecule has 1 aliphatic rings. The first kappa shape index (κ1) is 21.0. The molecule has 0 atom stereocenters. The van der Waals surface area contributed by atoms with Gasteiger partial charge in [-0.3, -0.25) is 4.79 Å². The molecule has 0 fully saturated rings. The molecule has 0 saturated heterocycles. The number of hydrogen-bond acceptors (Lipinski definition) is 5. The minimum Gasteiger partial charge on any atom is -0.496 e. The number of aromatic nitrogens is 2. The Bertz CT molecular complexity index is 1300. The first-order valence-corrected chi connectivity index (χ1v) is 11.0. The second-order valence-electron chi connectivity index (χ2n) is 7.15. The van der Waals surface area contributed by atoms with E-state index in [0.29, 0.717) is 23.4 Å². The van der Waals surface area contributed by atoms with Crippen molar-refractivity contribution in [2.24, 2.45) is 0 Å². The third-order valence-electron chi connectivity index (χ3n) is 5.11. The molecule has 3 heterocycles. The van der Waals surface area contributed by atoms with Crippen LogP contribution in [0.25, 0.3) is 27.7 Å². The lowest BCUT2D eigenvalue weighted by molar-refractivity contribution is -0.117. The first-order chi connectivity index (χ1) is 14.8. The van der Waals surface area contributed by atoms with E-state index in [1.165, 1.54) is 23.5 Å². The monoisotopic (exact) mass is 444 g/mol. The highest BCUT2D eigenvalue weighted by atomic mass is 32.2.